The van der Waals surface area contributed by atoms with Crippen molar-refractivity contribution >= 4 is 13.4 Å². The first-order valence-corrected chi connectivity index (χ1v) is 9.59. The summed E-state index contributed by atoms with van der Waals surface area (Å²) in [7, 11) is -3.07. The van der Waals surface area contributed by atoms with E-state index in [1.54, 1.807) is 0 Å². The van der Waals surface area contributed by atoms with Crippen molar-refractivity contribution in [1.82, 2.24) is 0 Å². The van der Waals surface area contributed by atoms with Crippen molar-refractivity contribution in [3.63, 3.8) is 0 Å². The van der Waals surface area contributed by atoms with E-state index in [1.807, 2.05) is 58.0 Å². The summed E-state index contributed by atoms with van der Waals surface area (Å²) in [6, 6.07) is 9.23. The van der Waals surface area contributed by atoms with Crippen LogP contribution in [0.2, 0.25) is 0 Å². The topological polar surface area (TPSA) is 52.6 Å². The number of ketones is 1. The van der Waals surface area contributed by atoms with Crippen LogP contribution in [0.25, 0.3) is 0 Å². The van der Waals surface area contributed by atoms with Crippen molar-refractivity contribution in [2.45, 2.75) is 59.2 Å². The summed E-state index contributed by atoms with van der Waals surface area (Å²) in [5.41, 5.74) is 0.725. The third-order valence-corrected chi connectivity index (χ3v) is 5.27. The quantitative estimate of drug-likeness (QED) is 0.342. The van der Waals surface area contributed by atoms with E-state index in [2.05, 4.69) is 0 Å². The first-order chi connectivity index (χ1) is 10.3. The zero-order valence-corrected chi connectivity index (χ0v) is 14.8. The monoisotopic (exact) mass is 326 g/mol. The van der Waals surface area contributed by atoms with Crippen molar-refractivity contribution in [3.05, 3.63) is 35.9 Å². The van der Waals surface area contributed by atoms with Gasteiger partial charge in [0, 0.05) is 12.0 Å². The number of hydrogen-bond donors (Lipinski definition) is 0. The maximum absolute atomic E-state index is 12.6. The van der Waals surface area contributed by atoms with Crippen LogP contribution in [0.5, 0.6) is 0 Å². The third-order valence-electron chi connectivity index (χ3n) is 2.92. The van der Waals surface area contributed by atoms with E-state index < -0.39 is 7.60 Å². The summed E-state index contributed by atoms with van der Waals surface area (Å²) >= 11 is 0. The fourth-order valence-electron chi connectivity index (χ4n) is 2.13. The summed E-state index contributed by atoms with van der Waals surface area (Å²) < 4.78 is 23.6. The minimum atomic E-state index is -3.07. The zero-order chi connectivity index (χ0) is 16.6. The van der Waals surface area contributed by atoms with Crippen LogP contribution < -0.4 is 0 Å². The van der Waals surface area contributed by atoms with E-state index in [4.69, 9.17) is 9.05 Å². The molecule has 1 aromatic carbocycles. The van der Waals surface area contributed by atoms with E-state index in [9.17, 15) is 9.36 Å². The van der Waals surface area contributed by atoms with Gasteiger partial charge in [0.15, 0.2) is 5.78 Å². The molecular weight excluding hydrogens is 299 g/mol. The van der Waals surface area contributed by atoms with E-state index in [-0.39, 0.29) is 18.0 Å². The number of carbonyl (C=O) groups excluding carboxylic acids is 1. The van der Waals surface area contributed by atoms with Gasteiger partial charge in [-0.25, -0.2) is 0 Å². The fraction of sp³-hybridized carbons (Fsp3) is 0.588. The Bertz CT molecular complexity index is 483. The Balaban J connectivity index is 2.43. The van der Waals surface area contributed by atoms with Gasteiger partial charge in [-0.1, -0.05) is 30.3 Å². The molecule has 1 aromatic rings. The summed E-state index contributed by atoms with van der Waals surface area (Å²) in [6.07, 6.45) is 1.85. The van der Waals surface area contributed by atoms with Crippen LogP contribution in [-0.4, -0.2) is 24.2 Å². The van der Waals surface area contributed by atoms with Gasteiger partial charge in [0.25, 0.3) is 0 Å². The van der Waals surface area contributed by atoms with Gasteiger partial charge in [0.05, 0.1) is 18.4 Å². The Labute approximate surface area is 133 Å². The van der Waals surface area contributed by atoms with Gasteiger partial charge in [-0.05, 0) is 40.5 Å². The molecule has 0 amide bonds. The number of carbonyl (C=O) groups is 1. The van der Waals surface area contributed by atoms with Gasteiger partial charge in [-0.3, -0.25) is 9.36 Å². The first kappa shape index (κ1) is 19.1. The lowest BCUT2D eigenvalue weighted by molar-refractivity contribution is 0.0978. The van der Waals surface area contributed by atoms with Gasteiger partial charge in [0.1, 0.15) is 0 Å². The lowest BCUT2D eigenvalue weighted by atomic mass is 10.1. The summed E-state index contributed by atoms with van der Waals surface area (Å²) in [4.78, 5) is 12.0. The van der Waals surface area contributed by atoms with Crippen LogP contribution in [0.15, 0.2) is 30.3 Å². The molecule has 124 valence electrons. The molecule has 0 spiro atoms. The highest BCUT2D eigenvalue weighted by Crippen LogP contribution is 2.51. The largest absolute Gasteiger partial charge is 0.331 e. The molecule has 0 fully saturated rings. The highest BCUT2D eigenvalue weighted by molar-refractivity contribution is 7.53. The van der Waals surface area contributed by atoms with Crippen LogP contribution in [0.1, 0.15) is 57.3 Å². The molecule has 0 saturated carbocycles. The van der Waals surface area contributed by atoms with E-state index in [1.165, 1.54) is 0 Å². The van der Waals surface area contributed by atoms with Crippen molar-refractivity contribution in [1.29, 1.82) is 0 Å². The average Bonchev–Trinajstić information content (AvgIpc) is 2.42. The number of hydrogen-bond acceptors (Lipinski definition) is 4. The second kappa shape index (κ2) is 9.24. The van der Waals surface area contributed by atoms with Crippen LogP contribution >= 0.6 is 7.60 Å². The predicted octanol–water partition coefficient (Wildman–Crippen LogP) is 5.08. The maximum Gasteiger partial charge on any atom is 0.331 e. The van der Waals surface area contributed by atoms with Gasteiger partial charge in [-0.2, -0.15) is 0 Å². The highest BCUT2D eigenvalue weighted by Gasteiger charge is 2.27. The second-order valence-electron chi connectivity index (χ2n) is 5.89. The molecule has 4 nitrogen and oxygen atoms in total. The first-order valence-electron chi connectivity index (χ1n) is 7.86. The molecule has 0 aromatic heterocycles. The van der Waals surface area contributed by atoms with Crippen molar-refractivity contribution in [2.24, 2.45) is 0 Å². The normalized spacial score (nSPS) is 12.1. The van der Waals surface area contributed by atoms with Gasteiger partial charge in [-0.15, -0.1) is 0 Å². The number of Topliss-reactive ketones (excluding diaryl/α,β-unsaturated/α-hetero) is 1. The molecule has 0 aliphatic carbocycles. The minimum absolute atomic E-state index is 0.116. The number of rotatable bonds is 10. The molecule has 0 bridgehead atoms. The Morgan fingerprint density at radius 1 is 1.00 bits per heavy atom. The SMILES string of the molecule is CC(C)OP(=O)(CCCCC(=O)c1ccccc1)OC(C)C. The van der Waals surface area contributed by atoms with Gasteiger partial charge >= 0.3 is 7.60 Å². The van der Waals surface area contributed by atoms with Crippen LogP contribution in [0, 0.1) is 0 Å². The number of unbranched alkanes of at least 4 members (excludes halogenated alkanes) is 1. The molecule has 0 heterocycles. The highest BCUT2D eigenvalue weighted by atomic mass is 31.2. The molecule has 5 heteroatoms. The average molecular weight is 326 g/mol. The third kappa shape index (κ3) is 7.35. The van der Waals surface area contributed by atoms with Crippen LogP contribution in [0.4, 0.5) is 0 Å². The van der Waals surface area contributed by atoms with E-state index in [0.717, 1.165) is 5.56 Å². The molecule has 0 saturated heterocycles. The van der Waals surface area contributed by atoms with Crippen LogP contribution in [0.3, 0.4) is 0 Å². The standard InChI is InChI=1S/C17H27O4P/c1-14(2)20-22(19,21-15(3)4)13-9-8-12-17(18)16-10-6-5-7-11-16/h5-7,10-11,14-15H,8-9,12-13H2,1-4H3. The lowest BCUT2D eigenvalue weighted by Gasteiger charge is -2.22. The van der Waals surface area contributed by atoms with Gasteiger partial charge in [0.2, 0.25) is 0 Å². The summed E-state index contributed by atoms with van der Waals surface area (Å²) in [5.74, 6) is 0.116. The molecular formula is C17H27O4P. The van der Waals surface area contributed by atoms with Crippen LogP contribution in [-0.2, 0) is 13.6 Å². The Morgan fingerprint density at radius 2 is 1.55 bits per heavy atom. The molecule has 0 radical (unpaired) electrons. The fourth-order valence-corrected chi connectivity index (χ4v) is 4.29. The molecule has 0 N–H and O–H groups in total. The maximum atomic E-state index is 12.6. The lowest BCUT2D eigenvalue weighted by Crippen LogP contribution is -2.10. The molecule has 0 unspecified atom stereocenters. The Hall–Kier alpha value is -0.960. The second-order valence-corrected chi connectivity index (χ2v) is 7.98. The van der Waals surface area contributed by atoms with Crippen molar-refractivity contribution in [2.75, 3.05) is 6.16 Å². The Morgan fingerprint density at radius 3 is 2.05 bits per heavy atom. The van der Waals surface area contributed by atoms with Gasteiger partial charge < -0.3 is 9.05 Å². The molecule has 22 heavy (non-hydrogen) atoms. The predicted molar refractivity (Wildman–Crippen MR) is 89.5 cm³/mol. The molecule has 0 atom stereocenters. The zero-order valence-electron chi connectivity index (χ0n) is 14.0. The number of benzene rings is 1. The minimum Gasteiger partial charge on any atom is -0.306 e. The molecule has 1 rings (SSSR count). The van der Waals surface area contributed by atoms with E-state index >= 15 is 0 Å². The smallest absolute Gasteiger partial charge is 0.306 e. The molecule has 0 aliphatic heterocycles. The van der Waals surface area contributed by atoms with Crippen molar-refractivity contribution in [3.8, 4) is 0 Å². The molecule has 0 aliphatic rings. The van der Waals surface area contributed by atoms with E-state index in [0.29, 0.717) is 25.4 Å². The Kier molecular flexibility index (Phi) is 8.02. The van der Waals surface area contributed by atoms with Crippen molar-refractivity contribution < 1.29 is 18.4 Å². The summed E-state index contributed by atoms with van der Waals surface area (Å²) in [5, 5.41) is 0. The summed E-state index contributed by atoms with van der Waals surface area (Å²) in [6.45, 7) is 7.37.